The summed E-state index contributed by atoms with van der Waals surface area (Å²) in [5, 5.41) is 14.9. The first-order valence-corrected chi connectivity index (χ1v) is 7.20. The lowest BCUT2D eigenvalue weighted by Crippen LogP contribution is -2.45. The first-order valence-electron chi connectivity index (χ1n) is 7.20. The molecular weight excluding hydrogens is 292 g/mol. The monoisotopic (exact) mass is 308 g/mol. The maximum absolute atomic E-state index is 12.7. The van der Waals surface area contributed by atoms with Crippen molar-refractivity contribution in [1.29, 1.82) is 0 Å². The van der Waals surface area contributed by atoms with E-state index in [-0.39, 0.29) is 5.75 Å². The summed E-state index contributed by atoms with van der Waals surface area (Å²) in [7, 11) is 0. The van der Waals surface area contributed by atoms with Crippen LogP contribution in [-0.2, 0) is 16.8 Å². The molecule has 116 valence electrons. The number of phenols is 1. The van der Waals surface area contributed by atoms with Gasteiger partial charge in [-0.05, 0) is 35.2 Å². The predicted octanol–water partition coefficient (Wildman–Crippen LogP) is 2.20. The number of hydrogen-bond donors (Lipinski definition) is 3. The second kappa shape index (κ2) is 5.61. The zero-order valence-electron chi connectivity index (χ0n) is 12.4. The Labute approximate surface area is 133 Å². The number of nitrogens with one attached hydrogen (secondary N) is 2. The highest BCUT2D eigenvalue weighted by Gasteiger charge is 2.50. The quantitative estimate of drug-likeness (QED) is 0.598. The third-order valence-corrected chi connectivity index (χ3v) is 3.94. The number of allylic oxidation sites excluding steroid dienone is 1. The molecule has 3 rings (SSSR count). The molecule has 0 radical (unpaired) electrons. The van der Waals surface area contributed by atoms with Gasteiger partial charge in [0.25, 0.3) is 5.91 Å². The van der Waals surface area contributed by atoms with Gasteiger partial charge in [0.1, 0.15) is 5.75 Å². The third kappa shape index (κ3) is 2.36. The van der Waals surface area contributed by atoms with Gasteiger partial charge in [0, 0.05) is 0 Å². The maximum atomic E-state index is 12.7. The minimum Gasteiger partial charge on any atom is -0.508 e. The highest BCUT2D eigenvalue weighted by atomic mass is 16.3. The molecule has 1 aliphatic rings. The summed E-state index contributed by atoms with van der Waals surface area (Å²) in [6, 6.07) is 13.2. The second-order valence-electron chi connectivity index (χ2n) is 5.36. The molecule has 3 amide bonds. The largest absolute Gasteiger partial charge is 0.508 e. The van der Waals surface area contributed by atoms with Crippen LogP contribution in [-0.4, -0.2) is 17.0 Å². The molecule has 0 aliphatic carbocycles. The number of carbonyl (C=O) groups is 2. The Morgan fingerprint density at radius 3 is 2.48 bits per heavy atom. The lowest BCUT2D eigenvalue weighted by Gasteiger charge is -2.29. The molecule has 23 heavy (non-hydrogen) atoms. The van der Waals surface area contributed by atoms with Crippen LogP contribution in [0.5, 0.6) is 5.75 Å². The normalized spacial score (nSPS) is 20.0. The van der Waals surface area contributed by atoms with Crippen molar-refractivity contribution in [3.63, 3.8) is 0 Å². The highest BCUT2D eigenvalue weighted by molar-refractivity contribution is 6.09. The minimum absolute atomic E-state index is 0.0251. The molecule has 0 bridgehead atoms. The Balaban J connectivity index is 2.30. The number of aromatic hydroxyl groups is 1. The molecule has 1 unspecified atom stereocenters. The molecule has 1 heterocycles. The van der Waals surface area contributed by atoms with Crippen LogP contribution in [0, 0.1) is 0 Å². The van der Waals surface area contributed by atoms with E-state index in [9.17, 15) is 14.7 Å². The fourth-order valence-corrected chi connectivity index (χ4v) is 2.94. The lowest BCUT2D eigenvalue weighted by atomic mass is 9.79. The number of imide groups is 1. The number of carbonyl (C=O) groups excluding carboxylic acids is 2. The smallest absolute Gasteiger partial charge is 0.322 e. The summed E-state index contributed by atoms with van der Waals surface area (Å²) in [5.41, 5.74) is 0.598. The molecule has 5 heteroatoms. The van der Waals surface area contributed by atoms with Crippen molar-refractivity contribution in [1.82, 2.24) is 10.6 Å². The average molecular weight is 308 g/mol. The van der Waals surface area contributed by atoms with Crippen LogP contribution in [0.25, 0.3) is 0 Å². The van der Waals surface area contributed by atoms with Gasteiger partial charge >= 0.3 is 6.03 Å². The van der Waals surface area contributed by atoms with Crippen molar-refractivity contribution in [2.45, 2.75) is 12.0 Å². The van der Waals surface area contributed by atoms with Gasteiger partial charge < -0.3 is 10.4 Å². The lowest BCUT2D eigenvalue weighted by molar-refractivity contribution is -0.122. The van der Waals surface area contributed by atoms with Gasteiger partial charge in [-0.1, -0.05) is 42.5 Å². The van der Waals surface area contributed by atoms with Gasteiger partial charge in [-0.3, -0.25) is 10.1 Å². The van der Waals surface area contributed by atoms with Gasteiger partial charge in [0.15, 0.2) is 5.54 Å². The summed E-state index contributed by atoms with van der Waals surface area (Å²) in [6.07, 6.45) is 2.22. The topological polar surface area (TPSA) is 78.4 Å². The van der Waals surface area contributed by atoms with Crippen molar-refractivity contribution >= 4 is 11.9 Å². The van der Waals surface area contributed by atoms with Crippen molar-refractivity contribution < 1.29 is 14.7 Å². The molecule has 1 aliphatic heterocycles. The van der Waals surface area contributed by atoms with Gasteiger partial charge in [-0.2, -0.15) is 0 Å². The van der Waals surface area contributed by atoms with Gasteiger partial charge in [0.2, 0.25) is 0 Å². The number of amides is 3. The Bertz CT molecular complexity index is 786. The van der Waals surface area contributed by atoms with Crippen LogP contribution >= 0.6 is 0 Å². The number of benzene rings is 2. The number of phenolic OH excluding ortho intramolecular Hbond substituents is 1. The molecule has 1 atom stereocenters. The highest BCUT2D eigenvalue weighted by Crippen LogP contribution is 2.36. The molecule has 0 aromatic heterocycles. The van der Waals surface area contributed by atoms with E-state index >= 15 is 0 Å². The number of hydrogen-bond acceptors (Lipinski definition) is 3. The van der Waals surface area contributed by atoms with Crippen molar-refractivity contribution in [3.05, 3.63) is 77.9 Å². The van der Waals surface area contributed by atoms with Crippen LogP contribution < -0.4 is 10.6 Å². The summed E-state index contributed by atoms with van der Waals surface area (Å²) in [4.78, 5) is 24.5. The molecule has 3 N–H and O–H groups in total. The Morgan fingerprint density at radius 1 is 1.13 bits per heavy atom. The van der Waals surface area contributed by atoms with Gasteiger partial charge in [-0.25, -0.2) is 4.79 Å². The predicted molar refractivity (Wildman–Crippen MR) is 85.9 cm³/mol. The Hall–Kier alpha value is -3.08. The Morgan fingerprint density at radius 2 is 1.87 bits per heavy atom. The standard InChI is InChI=1S/C18H16N2O3/c1-2-6-12-9-10-14(21)11-15(12)18(13-7-4-3-5-8-13)16(22)19-17(23)20-18/h2-5,7-11,21H,1,6H2,(H2,19,20,22,23). The molecule has 5 nitrogen and oxygen atoms in total. The Kier molecular flexibility index (Phi) is 3.62. The molecule has 1 saturated heterocycles. The first kappa shape index (κ1) is 14.8. The SMILES string of the molecule is C=CCc1ccc(O)cc1C1(c2ccccc2)NC(=O)NC1=O. The molecule has 2 aromatic rings. The average Bonchev–Trinajstić information content (AvgIpc) is 2.85. The third-order valence-electron chi connectivity index (χ3n) is 3.94. The zero-order chi connectivity index (χ0) is 16.4. The second-order valence-corrected chi connectivity index (χ2v) is 5.36. The van der Waals surface area contributed by atoms with Crippen LogP contribution in [0.15, 0.2) is 61.2 Å². The van der Waals surface area contributed by atoms with E-state index in [2.05, 4.69) is 17.2 Å². The van der Waals surface area contributed by atoms with Gasteiger partial charge in [-0.15, -0.1) is 6.58 Å². The van der Waals surface area contributed by atoms with E-state index < -0.39 is 17.5 Å². The fourth-order valence-electron chi connectivity index (χ4n) is 2.94. The molecule has 1 fully saturated rings. The summed E-state index contributed by atoms with van der Waals surface area (Å²) in [6.45, 7) is 3.73. The van der Waals surface area contributed by atoms with E-state index in [1.54, 1.807) is 42.5 Å². The van der Waals surface area contributed by atoms with Crippen LogP contribution in [0.3, 0.4) is 0 Å². The fraction of sp³-hybridized carbons (Fsp3) is 0.111. The summed E-state index contributed by atoms with van der Waals surface area (Å²) >= 11 is 0. The molecule has 0 spiro atoms. The minimum atomic E-state index is -1.37. The number of urea groups is 1. The van der Waals surface area contributed by atoms with E-state index in [0.29, 0.717) is 17.5 Å². The first-order chi connectivity index (χ1) is 11.1. The van der Waals surface area contributed by atoms with E-state index in [1.165, 1.54) is 6.07 Å². The van der Waals surface area contributed by atoms with Crippen LogP contribution in [0.4, 0.5) is 4.79 Å². The number of rotatable bonds is 4. The molecular formula is C18H16N2O3. The summed E-state index contributed by atoms with van der Waals surface area (Å²) in [5.74, 6) is -0.443. The maximum Gasteiger partial charge on any atom is 0.322 e. The van der Waals surface area contributed by atoms with Crippen LogP contribution in [0.2, 0.25) is 0 Å². The zero-order valence-corrected chi connectivity index (χ0v) is 12.4. The van der Waals surface area contributed by atoms with Gasteiger partial charge in [0.05, 0.1) is 0 Å². The van der Waals surface area contributed by atoms with Crippen molar-refractivity contribution in [2.75, 3.05) is 0 Å². The van der Waals surface area contributed by atoms with Crippen molar-refractivity contribution in [3.8, 4) is 5.75 Å². The van der Waals surface area contributed by atoms with E-state index in [4.69, 9.17) is 0 Å². The molecule has 2 aromatic carbocycles. The van der Waals surface area contributed by atoms with Crippen molar-refractivity contribution in [2.24, 2.45) is 0 Å². The summed E-state index contributed by atoms with van der Waals surface area (Å²) < 4.78 is 0. The molecule has 0 saturated carbocycles. The van der Waals surface area contributed by atoms with Crippen LogP contribution in [0.1, 0.15) is 16.7 Å². The van der Waals surface area contributed by atoms with E-state index in [1.807, 2.05) is 6.07 Å². The van der Waals surface area contributed by atoms with E-state index in [0.717, 1.165) is 5.56 Å².